The first-order chi connectivity index (χ1) is 14.8. The minimum Gasteiger partial charge on any atom is -0.462 e. The van der Waals surface area contributed by atoms with Crippen LogP contribution in [0.1, 0.15) is 29.2 Å². The Balaban J connectivity index is 1.84. The van der Waals surface area contributed by atoms with Crippen molar-refractivity contribution in [1.29, 1.82) is 0 Å². The number of rotatable bonds is 8. The van der Waals surface area contributed by atoms with Gasteiger partial charge in [-0.3, -0.25) is 0 Å². The number of methoxy groups -OCH3 is 1. The molecule has 2 aromatic rings. The number of ether oxygens (including phenoxy) is 3. The molecule has 8 heteroatoms. The molecular weight excluding hydrogens is 404 g/mol. The first-order valence-corrected chi connectivity index (χ1v) is 10.2. The Hall–Kier alpha value is -2.04. The molecular formula is C23H30O8. The van der Waals surface area contributed by atoms with Gasteiger partial charge in [-0.25, -0.2) is 0 Å². The van der Waals surface area contributed by atoms with Crippen LogP contribution in [-0.2, 0) is 29.1 Å². The summed E-state index contributed by atoms with van der Waals surface area (Å²) in [6, 6.07) is 13.1. The molecule has 170 valence electrons. The Bertz CT molecular complexity index is 838. The minimum absolute atomic E-state index is 0.200. The zero-order valence-corrected chi connectivity index (χ0v) is 17.6. The van der Waals surface area contributed by atoms with Crippen LogP contribution in [0.2, 0.25) is 0 Å². The Morgan fingerprint density at radius 1 is 0.935 bits per heavy atom. The van der Waals surface area contributed by atoms with Crippen LogP contribution < -0.4 is 4.74 Å². The van der Waals surface area contributed by atoms with Crippen LogP contribution in [0, 0.1) is 0 Å². The van der Waals surface area contributed by atoms with E-state index in [2.05, 4.69) is 0 Å². The van der Waals surface area contributed by atoms with E-state index in [-0.39, 0.29) is 6.61 Å². The van der Waals surface area contributed by atoms with Crippen molar-refractivity contribution in [2.24, 2.45) is 0 Å². The van der Waals surface area contributed by atoms with E-state index < -0.39 is 36.8 Å². The van der Waals surface area contributed by atoms with Crippen LogP contribution in [0.25, 0.3) is 0 Å². The monoisotopic (exact) mass is 434 g/mol. The van der Waals surface area contributed by atoms with Crippen LogP contribution in [0.5, 0.6) is 5.75 Å². The second-order valence-corrected chi connectivity index (χ2v) is 7.83. The van der Waals surface area contributed by atoms with Gasteiger partial charge in [0.25, 0.3) is 0 Å². The molecule has 1 heterocycles. The van der Waals surface area contributed by atoms with E-state index in [1.165, 1.54) is 6.92 Å². The molecule has 2 aromatic carbocycles. The van der Waals surface area contributed by atoms with Crippen molar-refractivity contribution in [2.45, 2.75) is 63.4 Å². The SMILES string of the molecule is COCc1ccc(Cc2ccc(CO)cc2O[C@@H]2O[C@H]([C@@H](C)O)[C@@H](O)[C@H](O)[C@H]2O)cc1. The molecule has 1 saturated heterocycles. The molecule has 1 fully saturated rings. The fourth-order valence-electron chi connectivity index (χ4n) is 3.59. The van der Waals surface area contributed by atoms with Gasteiger partial charge in [-0.15, -0.1) is 0 Å². The van der Waals surface area contributed by atoms with E-state index in [1.54, 1.807) is 19.2 Å². The van der Waals surface area contributed by atoms with Gasteiger partial charge in [-0.1, -0.05) is 36.4 Å². The van der Waals surface area contributed by atoms with Crippen molar-refractivity contribution in [3.8, 4) is 5.75 Å². The van der Waals surface area contributed by atoms with E-state index in [4.69, 9.17) is 14.2 Å². The number of benzene rings is 2. The van der Waals surface area contributed by atoms with Crippen molar-refractivity contribution < 1.29 is 39.7 Å². The number of hydrogen-bond donors (Lipinski definition) is 5. The van der Waals surface area contributed by atoms with Gasteiger partial charge < -0.3 is 39.7 Å². The standard InChI is InChI=1S/C23H30O8/c1-13(25)22-20(27)19(26)21(28)23(31-22)30-18-10-16(11-24)7-8-17(18)9-14-3-5-15(6-4-14)12-29-2/h3-8,10,13,19-28H,9,11-12H2,1-2H3/t13-,19+,20+,21-,22-,23-/m1/s1. The summed E-state index contributed by atoms with van der Waals surface area (Å²) in [5.74, 6) is 0.365. The summed E-state index contributed by atoms with van der Waals surface area (Å²) in [5.41, 5.74) is 3.45. The second-order valence-electron chi connectivity index (χ2n) is 7.83. The highest BCUT2D eigenvalue weighted by Crippen LogP contribution is 2.30. The first kappa shape index (κ1) is 23.6. The van der Waals surface area contributed by atoms with Crippen LogP contribution in [0.3, 0.4) is 0 Å². The highest BCUT2D eigenvalue weighted by atomic mass is 16.7. The quantitative estimate of drug-likeness (QED) is 0.406. The van der Waals surface area contributed by atoms with E-state index >= 15 is 0 Å². The average molecular weight is 434 g/mol. The molecule has 0 saturated carbocycles. The Labute approximate surface area is 181 Å². The Kier molecular flexibility index (Phi) is 8.01. The molecule has 5 N–H and O–H groups in total. The van der Waals surface area contributed by atoms with E-state index in [0.29, 0.717) is 24.3 Å². The Morgan fingerprint density at radius 3 is 2.19 bits per heavy atom. The van der Waals surface area contributed by atoms with Gasteiger partial charge in [0.1, 0.15) is 30.2 Å². The topological polar surface area (TPSA) is 129 Å². The minimum atomic E-state index is -1.55. The highest BCUT2D eigenvalue weighted by Gasteiger charge is 2.46. The van der Waals surface area contributed by atoms with E-state index in [9.17, 15) is 25.5 Å². The average Bonchev–Trinajstić information content (AvgIpc) is 2.76. The van der Waals surface area contributed by atoms with Gasteiger partial charge in [0.2, 0.25) is 6.29 Å². The van der Waals surface area contributed by atoms with Gasteiger partial charge in [-0.05, 0) is 35.2 Å². The maximum absolute atomic E-state index is 10.4. The third-order valence-electron chi connectivity index (χ3n) is 5.37. The third kappa shape index (κ3) is 5.61. The molecule has 0 radical (unpaired) electrons. The zero-order chi connectivity index (χ0) is 22.5. The van der Waals surface area contributed by atoms with Gasteiger partial charge >= 0.3 is 0 Å². The molecule has 0 unspecified atom stereocenters. The molecule has 0 aliphatic carbocycles. The van der Waals surface area contributed by atoms with Crippen molar-refractivity contribution >= 4 is 0 Å². The number of aliphatic hydroxyl groups is 5. The molecule has 0 amide bonds. The fourth-order valence-corrected chi connectivity index (χ4v) is 3.59. The summed E-state index contributed by atoms with van der Waals surface area (Å²) >= 11 is 0. The lowest BCUT2D eigenvalue weighted by Gasteiger charge is -2.41. The first-order valence-electron chi connectivity index (χ1n) is 10.2. The largest absolute Gasteiger partial charge is 0.462 e. The second kappa shape index (κ2) is 10.5. The van der Waals surface area contributed by atoms with Gasteiger partial charge in [0.05, 0.1) is 19.3 Å². The maximum Gasteiger partial charge on any atom is 0.229 e. The molecule has 0 bridgehead atoms. The highest BCUT2D eigenvalue weighted by molar-refractivity contribution is 5.41. The Morgan fingerprint density at radius 2 is 1.58 bits per heavy atom. The lowest BCUT2D eigenvalue weighted by atomic mass is 9.96. The summed E-state index contributed by atoms with van der Waals surface area (Å²) in [4.78, 5) is 0. The third-order valence-corrected chi connectivity index (χ3v) is 5.37. The summed E-state index contributed by atoms with van der Waals surface area (Å²) in [6.07, 6.45) is -7.53. The molecule has 8 nitrogen and oxygen atoms in total. The van der Waals surface area contributed by atoms with Crippen molar-refractivity contribution in [3.05, 3.63) is 64.7 Å². The van der Waals surface area contributed by atoms with Gasteiger partial charge in [0, 0.05) is 13.5 Å². The number of aliphatic hydroxyl groups excluding tert-OH is 5. The van der Waals surface area contributed by atoms with Crippen molar-refractivity contribution in [3.63, 3.8) is 0 Å². The molecule has 1 aliphatic heterocycles. The van der Waals surface area contributed by atoms with E-state index in [0.717, 1.165) is 16.7 Å². The number of hydrogen-bond acceptors (Lipinski definition) is 8. The van der Waals surface area contributed by atoms with Gasteiger partial charge in [0.15, 0.2) is 0 Å². The zero-order valence-electron chi connectivity index (χ0n) is 17.6. The van der Waals surface area contributed by atoms with Crippen LogP contribution in [0.4, 0.5) is 0 Å². The van der Waals surface area contributed by atoms with Crippen molar-refractivity contribution in [2.75, 3.05) is 7.11 Å². The maximum atomic E-state index is 10.4. The summed E-state index contributed by atoms with van der Waals surface area (Å²) in [5, 5.41) is 50.0. The van der Waals surface area contributed by atoms with E-state index in [1.807, 2.05) is 30.3 Å². The lowest BCUT2D eigenvalue weighted by Crippen LogP contribution is -2.61. The molecule has 31 heavy (non-hydrogen) atoms. The molecule has 0 aromatic heterocycles. The normalized spacial score (nSPS) is 27.1. The smallest absolute Gasteiger partial charge is 0.229 e. The van der Waals surface area contributed by atoms with Crippen LogP contribution in [0.15, 0.2) is 42.5 Å². The predicted molar refractivity (Wildman–Crippen MR) is 111 cm³/mol. The predicted octanol–water partition coefficient (Wildman–Crippen LogP) is 0.483. The van der Waals surface area contributed by atoms with Crippen LogP contribution >= 0.6 is 0 Å². The molecule has 0 spiro atoms. The molecule has 1 aliphatic rings. The van der Waals surface area contributed by atoms with Crippen LogP contribution in [-0.4, -0.2) is 69.5 Å². The summed E-state index contributed by atoms with van der Waals surface area (Å²) in [7, 11) is 1.64. The lowest BCUT2D eigenvalue weighted by molar-refractivity contribution is -0.286. The molecule has 3 rings (SSSR count). The molecule has 6 atom stereocenters. The van der Waals surface area contributed by atoms with Crippen molar-refractivity contribution in [1.82, 2.24) is 0 Å². The summed E-state index contributed by atoms with van der Waals surface area (Å²) in [6.45, 7) is 1.74. The fraction of sp³-hybridized carbons (Fsp3) is 0.478. The van der Waals surface area contributed by atoms with Gasteiger partial charge in [-0.2, -0.15) is 0 Å². The summed E-state index contributed by atoms with van der Waals surface area (Å²) < 4.78 is 16.6.